The van der Waals surface area contributed by atoms with Gasteiger partial charge in [-0.05, 0) is 0 Å². The van der Waals surface area contributed by atoms with E-state index >= 15 is 0 Å². The molecule has 0 radical (unpaired) electrons. The van der Waals surface area contributed by atoms with Crippen molar-refractivity contribution in [3.63, 3.8) is 0 Å². The van der Waals surface area contributed by atoms with Crippen LogP contribution in [0.5, 0.6) is 0 Å². The first-order chi connectivity index (χ1) is 1.73. The third kappa shape index (κ3) is 150. The Hall–Kier alpha value is 0.640. The third-order valence-corrected chi connectivity index (χ3v) is 0. The summed E-state index contributed by atoms with van der Waals surface area (Å²) in [5.74, 6) is 0. The summed E-state index contributed by atoms with van der Waals surface area (Å²) in [5.41, 5.74) is 0. The highest BCUT2D eigenvalue weighted by Crippen LogP contribution is 1.91. The fraction of sp³-hybridized carbons (Fsp3) is 1.00. The van der Waals surface area contributed by atoms with Crippen LogP contribution >= 0.6 is 32.8 Å². The van der Waals surface area contributed by atoms with E-state index in [1.807, 2.05) is 0 Å². The molecule has 0 saturated heterocycles. The zero-order valence-corrected chi connectivity index (χ0v) is 5.61. The summed E-state index contributed by atoms with van der Waals surface area (Å²) < 4.78 is 9.04. The Balaban J connectivity index is -0.0000000450. The normalized spacial score (nSPS) is 7.33. The van der Waals surface area contributed by atoms with Crippen LogP contribution in [-0.4, -0.2) is 6.66 Å². The van der Waals surface area contributed by atoms with Gasteiger partial charge in [-0.2, -0.15) is 0 Å². The van der Waals surface area contributed by atoms with Gasteiger partial charge < -0.3 is 4.89 Å². The first-order valence-corrected chi connectivity index (χ1v) is 2.44. The molecule has 0 fully saturated rings. The maximum Gasteiger partial charge on any atom is 0.305 e. The SMILES string of the molecule is C[P+](=O)[O-].Cl.Cl. The van der Waals surface area contributed by atoms with Gasteiger partial charge in [0.05, 0.1) is 0 Å². The molecule has 1 unspecified atom stereocenters. The summed E-state index contributed by atoms with van der Waals surface area (Å²) >= 11 is 0. The van der Waals surface area contributed by atoms with Crippen molar-refractivity contribution in [1.29, 1.82) is 0 Å². The molecule has 0 bridgehead atoms. The van der Waals surface area contributed by atoms with Gasteiger partial charge in [0.25, 0.3) is 0 Å². The molecule has 0 N–H and O–H groups in total. The summed E-state index contributed by atoms with van der Waals surface area (Å²) in [5, 5.41) is 0. The molecule has 0 aliphatic carbocycles. The number of halogens is 2. The van der Waals surface area contributed by atoms with Gasteiger partial charge in [-0.15, -0.1) is 24.8 Å². The van der Waals surface area contributed by atoms with Crippen molar-refractivity contribution >= 4 is 32.8 Å². The second-order valence-electron chi connectivity index (χ2n) is 0.440. The van der Waals surface area contributed by atoms with Gasteiger partial charge in [-0.1, -0.05) is 4.57 Å². The molecular weight excluding hydrogens is 146 g/mol. The quantitative estimate of drug-likeness (QED) is 0.474. The second kappa shape index (κ2) is 9.16. The van der Waals surface area contributed by atoms with Crippen LogP contribution in [0.1, 0.15) is 0 Å². The largest absolute Gasteiger partial charge is 0.596 e. The Morgan fingerprint density at radius 3 is 1.50 bits per heavy atom. The predicted molar refractivity (Wildman–Crippen MR) is 28.0 cm³/mol. The molecule has 40 valence electrons. The lowest BCUT2D eigenvalue weighted by atomic mass is 12.0. The van der Waals surface area contributed by atoms with Crippen LogP contribution in [-0.2, 0) is 4.57 Å². The smallest absolute Gasteiger partial charge is 0.305 e. The lowest BCUT2D eigenvalue weighted by Crippen LogP contribution is -1.78. The Bertz CT molecular complexity index is 34.5. The highest BCUT2D eigenvalue weighted by Gasteiger charge is 1.68. The van der Waals surface area contributed by atoms with Gasteiger partial charge in [0.2, 0.25) is 0 Å². The fourth-order valence-electron chi connectivity index (χ4n) is 0. The van der Waals surface area contributed by atoms with E-state index in [2.05, 4.69) is 0 Å². The van der Waals surface area contributed by atoms with E-state index < -0.39 is 8.03 Å². The lowest BCUT2D eigenvalue weighted by molar-refractivity contribution is -0.162. The Morgan fingerprint density at radius 1 is 1.50 bits per heavy atom. The molecule has 0 rings (SSSR count). The Morgan fingerprint density at radius 2 is 1.50 bits per heavy atom. The molecule has 0 aromatic rings. The maximum atomic E-state index is 9.04. The monoisotopic (exact) mass is 150 g/mol. The van der Waals surface area contributed by atoms with Gasteiger partial charge in [-0.25, -0.2) is 0 Å². The summed E-state index contributed by atoms with van der Waals surface area (Å²) in [6.45, 7) is 1.12. The van der Waals surface area contributed by atoms with Crippen molar-refractivity contribution in [3.8, 4) is 0 Å². The lowest BCUT2D eigenvalue weighted by Gasteiger charge is -1.60. The van der Waals surface area contributed by atoms with Gasteiger partial charge >= 0.3 is 8.03 Å². The molecule has 0 heterocycles. The Labute approximate surface area is 49.6 Å². The van der Waals surface area contributed by atoms with E-state index in [0.717, 1.165) is 6.66 Å². The van der Waals surface area contributed by atoms with Crippen LogP contribution in [0.25, 0.3) is 0 Å². The van der Waals surface area contributed by atoms with Crippen molar-refractivity contribution in [2.75, 3.05) is 6.66 Å². The molecule has 0 aliphatic heterocycles. The van der Waals surface area contributed by atoms with E-state index in [-0.39, 0.29) is 24.8 Å². The van der Waals surface area contributed by atoms with Crippen LogP contribution < -0.4 is 4.89 Å². The molecule has 5 heteroatoms. The number of hydrogen-bond donors (Lipinski definition) is 0. The van der Waals surface area contributed by atoms with E-state index in [4.69, 9.17) is 9.46 Å². The minimum absolute atomic E-state index is 0. The van der Waals surface area contributed by atoms with Crippen molar-refractivity contribution in [2.45, 2.75) is 0 Å². The molecule has 6 heavy (non-hydrogen) atoms. The summed E-state index contributed by atoms with van der Waals surface area (Å²) in [6, 6.07) is 0. The average Bonchev–Trinajstić information content (AvgIpc) is 0.811. The van der Waals surface area contributed by atoms with E-state index in [1.54, 1.807) is 0 Å². The molecule has 0 aromatic carbocycles. The second-order valence-corrected chi connectivity index (χ2v) is 1.32. The maximum absolute atomic E-state index is 9.04. The topological polar surface area (TPSA) is 40.1 Å². The first kappa shape index (κ1) is 15.9. The van der Waals surface area contributed by atoms with E-state index in [9.17, 15) is 0 Å². The van der Waals surface area contributed by atoms with Crippen LogP contribution in [0.3, 0.4) is 0 Å². The van der Waals surface area contributed by atoms with E-state index in [0.29, 0.717) is 0 Å². The molecule has 0 saturated carbocycles. The van der Waals surface area contributed by atoms with Gasteiger partial charge in [0.15, 0.2) is 0 Å². The minimum Gasteiger partial charge on any atom is -0.596 e. The molecule has 0 aromatic heterocycles. The summed E-state index contributed by atoms with van der Waals surface area (Å²) in [6.07, 6.45) is 0. The molecule has 0 spiro atoms. The van der Waals surface area contributed by atoms with Crippen molar-refractivity contribution in [1.82, 2.24) is 0 Å². The van der Waals surface area contributed by atoms with Crippen LogP contribution in [0.15, 0.2) is 0 Å². The van der Waals surface area contributed by atoms with Crippen LogP contribution in [0.4, 0.5) is 0 Å². The highest BCUT2D eigenvalue weighted by atomic mass is 35.5. The zero-order valence-electron chi connectivity index (χ0n) is 3.08. The standard InChI is InChI=1S/CH3O2P.2ClH/c1-4(2)3;;/h1H3;2*1H. The molecule has 1 atom stereocenters. The minimum atomic E-state index is -2.12. The molecule has 2 nitrogen and oxygen atoms in total. The van der Waals surface area contributed by atoms with Gasteiger partial charge in [0.1, 0.15) is 6.66 Å². The van der Waals surface area contributed by atoms with Crippen LogP contribution in [0, 0.1) is 0 Å². The first-order valence-electron chi connectivity index (χ1n) is 0.812. The molecule has 0 aliphatic rings. The summed E-state index contributed by atoms with van der Waals surface area (Å²) in [4.78, 5) is 9.04. The van der Waals surface area contributed by atoms with Gasteiger partial charge in [-0.3, -0.25) is 0 Å². The molecule has 0 amide bonds. The van der Waals surface area contributed by atoms with Crippen molar-refractivity contribution in [2.24, 2.45) is 0 Å². The van der Waals surface area contributed by atoms with E-state index in [1.165, 1.54) is 0 Å². The molecular formula is CH5Cl2O2P. The highest BCUT2D eigenvalue weighted by molar-refractivity contribution is 7.35. The predicted octanol–water partition coefficient (Wildman–Crippen LogP) is 0.562. The van der Waals surface area contributed by atoms with Crippen molar-refractivity contribution in [3.05, 3.63) is 0 Å². The fourth-order valence-corrected chi connectivity index (χ4v) is 0. The number of rotatable bonds is 0. The summed E-state index contributed by atoms with van der Waals surface area (Å²) in [7, 11) is -2.12. The average molecular weight is 151 g/mol. The Kier molecular flexibility index (Phi) is 24.3. The number of hydrogen-bond acceptors (Lipinski definition) is 2. The van der Waals surface area contributed by atoms with Gasteiger partial charge in [0, 0.05) is 0 Å². The third-order valence-electron chi connectivity index (χ3n) is 0. The van der Waals surface area contributed by atoms with Crippen molar-refractivity contribution < 1.29 is 9.46 Å². The van der Waals surface area contributed by atoms with Crippen LogP contribution in [0.2, 0.25) is 0 Å². The zero-order chi connectivity index (χ0) is 3.58.